The van der Waals surface area contributed by atoms with Gasteiger partial charge in [-0.25, -0.2) is 4.98 Å². The number of ether oxygens (including phenoxy) is 1. The van der Waals surface area contributed by atoms with Crippen molar-refractivity contribution in [2.75, 3.05) is 7.11 Å². The molecule has 28 heavy (non-hydrogen) atoms. The Morgan fingerprint density at radius 1 is 1.14 bits per heavy atom. The minimum atomic E-state index is -0.119. The summed E-state index contributed by atoms with van der Waals surface area (Å²) in [6.07, 6.45) is 5.64. The number of carbonyl (C=O) groups excluding carboxylic acids is 1. The molecule has 4 rings (SSSR count). The third kappa shape index (κ3) is 3.86. The summed E-state index contributed by atoms with van der Waals surface area (Å²) in [4.78, 5) is 26.1. The van der Waals surface area contributed by atoms with Crippen molar-refractivity contribution >= 4 is 5.91 Å². The van der Waals surface area contributed by atoms with Gasteiger partial charge in [-0.05, 0) is 49.4 Å². The Morgan fingerprint density at radius 3 is 2.75 bits per heavy atom. The molecule has 1 unspecified atom stereocenters. The van der Waals surface area contributed by atoms with Crippen molar-refractivity contribution in [3.8, 4) is 17.3 Å². The number of amides is 1. The topological polar surface area (TPSA) is 77.0 Å². The summed E-state index contributed by atoms with van der Waals surface area (Å²) in [5.41, 5.74) is 3.38. The number of nitrogens with one attached hydrogen (secondary N) is 1. The normalized spacial score (nSPS) is 14.4. The van der Waals surface area contributed by atoms with Crippen LogP contribution in [0.4, 0.5) is 0 Å². The van der Waals surface area contributed by atoms with Crippen LogP contribution in [0.3, 0.4) is 0 Å². The molecule has 0 bridgehead atoms. The number of hydrogen-bond donors (Lipinski definition) is 1. The van der Waals surface area contributed by atoms with E-state index in [1.807, 2.05) is 31.2 Å². The molecule has 0 aliphatic heterocycles. The SMILES string of the molecule is COc1ccnc(-c2cccc(C(=O)NC(c3ncccc3C)C3CC3)c2)n1. The highest BCUT2D eigenvalue weighted by Gasteiger charge is 2.35. The smallest absolute Gasteiger partial charge is 0.251 e. The maximum atomic E-state index is 13.0. The van der Waals surface area contributed by atoms with Crippen LogP contribution < -0.4 is 10.1 Å². The number of nitrogens with zero attached hydrogens (tertiary/aromatic N) is 3. The molecule has 142 valence electrons. The third-order valence-corrected chi connectivity index (χ3v) is 4.95. The molecule has 1 aliphatic carbocycles. The lowest BCUT2D eigenvalue weighted by Gasteiger charge is -2.19. The van der Waals surface area contributed by atoms with E-state index >= 15 is 0 Å². The molecule has 1 aromatic carbocycles. The molecule has 2 aromatic heterocycles. The van der Waals surface area contributed by atoms with Crippen LogP contribution in [0.1, 0.15) is 40.5 Å². The summed E-state index contributed by atoms with van der Waals surface area (Å²) in [6, 6.07) is 12.9. The van der Waals surface area contributed by atoms with Crippen LogP contribution in [-0.4, -0.2) is 28.0 Å². The fourth-order valence-corrected chi connectivity index (χ4v) is 3.28. The summed E-state index contributed by atoms with van der Waals surface area (Å²) in [6.45, 7) is 2.03. The van der Waals surface area contributed by atoms with Crippen LogP contribution in [0.2, 0.25) is 0 Å². The number of rotatable bonds is 6. The van der Waals surface area contributed by atoms with Gasteiger partial charge in [-0.3, -0.25) is 9.78 Å². The number of benzene rings is 1. The highest BCUT2D eigenvalue weighted by atomic mass is 16.5. The van der Waals surface area contributed by atoms with E-state index in [1.54, 1.807) is 37.7 Å². The lowest BCUT2D eigenvalue weighted by atomic mass is 10.0. The van der Waals surface area contributed by atoms with Crippen molar-refractivity contribution in [1.82, 2.24) is 20.3 Å². The highest BCUT2D eigenvalue weighted by molar-refractivity contribution is 5.95. The maximum Gasteiger partial charge on any atom is 0.251 e. The minimum Gasteiger partial charge on any atom is -0.481 e. The van der Waals surface area contributed by atoms with Crippen molar-refractivity contribution in [1.29, 1.82) is 0 Å². The van der Waals surface area contributed by atoms with E-state index in [-0.39, 0.29) is 11.9 Å². The number of aryl methyl sites for hydroxylation is 1. The van der Waals surface area contributed by atoms with Gasteiger partial charge in [-0.15, -0.1) is 0 Å². The molecule has 1 N–H and O–H groups in total. The molecule has 6 heteroatoms. The van der Waals surface area contributed by atoms with Gasteiger partial charge in [0.15, 0.2) is 5.82 Å². The molecule has 6 nitrogen and oxygen atoms in total. The molecule has 2 heterocycles. The fourth-order valence-electron chi connectivity index (χ4n) is 3.28. The van der Waals surface area contributed by atoms with Crippen molar-refractivity contribution in [3.63, 3.8) is 0 Å². The molecule has 3 aromatic rings. The van der Waals surface area contributed by atoms with Gasteiger partial charge in [0.2, 0.25) is 5.88 Å². The van der Waals surface area contributed by atoms with E-state index in [0.717, 1.165) is 29.7 Å². The van der Waals surface area contributed by atoms with Crippen LogP contribution in [0, 0.1) is 12.8 Å². The predicted molar refractivity (Wildman–Crippen MR) is 106 cm³/mol. The van der Waals surface area contributed by atoms with E-state index in [4.69, 9.17) is 4.74 Å². The third-order valence-electron chi connectivity index (χ3n) is 4.95. The lowest BCUT2D eigenvalue weighted by Crippen LogP contribution is -2.31. The first-order valence-corrected chi connectivity index (χ1v) is 9.35. The van der Waals surface area contributed by atoms with Crippen molar-refractivity contribution in [3.05, 3.63) is 71.7 Å². The van der Waals surface area contributed by atoms with E-state index in [2.05, 4.69) is 20.3 Å². The van der Waals surface area contributed by atoms with Crippen molar-refractivity contribution in [2.24, 2.45) is 5.92 Å². The quantitative estimate of drug-likeness (QED) is 0.711. The fraction of sp³-hybridized carbons (Fsp3) is 0.273. The minimum absolute atomic E-state index is 0.0644. The lowest BCUT2D eigenvalue weighted by molar-refractivity contribution is 0.0930. The second-order valence-electron chi connectivity index (χ2n) is 7.00. The number of hydrogen-bond acceptors (Lipinski definition) is 5. The Bertz CT molecular complexity index is 1000. The van der Waals surface area contributed by atoms with Gasteiger partial charge in [0.05, 0.1) is 18.8 Å². The van der Waals surface area contributed by atoms with Crippen molar-refractivity contribution < 1.29 is 9.53 Å². The Hall–Kier alpha value is -3.28. The summed E-state index contributed by atoms with van der Waals surface area (Å²) >= 11 is 0. The van der Waals surface area contributed by atoms with Gasteiger partial charge in [-0.2, -0.15) is 4.98 Å². The number of carbonyl (C=O) groups is 1. The standard InChI is InChI=1S/C22H22N4O2/c1-14-5-4-11-23-19(14)20(15-8-9-15)26-22(27)17-7-3-6-16(13-17)21-24-12-10-18(25-21)28-2/h3-7,10-13,15,20H,8-9H2,1-2H3,(H,26,27). The largest absolute Gasteiger partial charge is 0.481 e. The first kappa shape index (κ1) is 18.1. The first-order valence-electron chi connectivity index (χ1n) is 9.35. The molecular formula is C22H22N4O2. The molecule has 1 aliphatic rings. The monoisotopic (exact) mass is 374 g/mol. The van der Waals surface area contributed by atoms with Gasteiger partial charge in [0, 0.05) is 29.6 Å². The van der Waals surface area contributed by atoms with Gasteiger partial charge < -0.3 is 10.1 Å². The number of methoxy groups -OCH3 is 1. The average molecular weight is 374 g/mol. The summed E-state index contributed by atoms with van der Waals surface area (Å²) in [5, 5.41) is 3.19. The zero-order valence-corrected chi connectivity index (χ0v) is 15.9. The van der Waals surface area contributed by atoms with E-state index in [9.17, 15) is 4.79 Å². The second-order valence-corrected chi connectivity index (χ2v) is 7.00. The van der Waals surface area contributed by atoms with Crippen LogP contribution in [0.15, 0.2) is 54.9 Å². The van der Waals surface area contributed by atoms with Crippen LogP contribution in [0.5, 0.6) is 5.88 Å². The molecule has 1 amide bonds. The highest BCUT2D eigenvalue weighted by Crippen LogP contribution is 2.41. The number of pyridine rings is 1. The van der Waals surface area contributed by atoms with Crippen LogP contribution in [-0.2, 0) is 0 Å². The van der Waals surface area contributed by atoms with Gasteiger partial charge in [0.1, 0.15) is 0 Å². The molecule has 0 spiro atoms. The zero-order valence-electron chi connectivity index (χ0n) is 15.9. The molecule has 0 saturated heterocycles. The Morgan fingerprint density at radius 2 is 2.00 bits per heavy atom. The van der Waals surface area contributed by atoms with Gasteiger partial charge in [0.25, 0.3) is 5.91 Å². The summed E-state index contributed by atoms with van der Waals surface area (Å²) in [7, 11) is 1.56. The Kier molecular flexibility index (Phi) is 5.02. The second kappa shape index (κ2) is 7.76. The first-order chi connectivity index (χ1) is 13.7. The van der Waals surface area contributed by atoms with E-state index in [0.29, 0.717) is 23.2 Å². The van der Waals surface area contributed by atoms with E-state index in [1.165, 1.54) is 0 Å². The van der Waals surface area contributed by atoms with Crippen molar-refractivity contribution in [2.45, 2.75) is 25.8 Å². The molecule has 1 saturated carbocycles. The zero-order chi connectivity index (χ0) is 19.5. The van der Waals surface area contributed by atoms with Crippen LogP contribution in [0.25, 0.3) is 11.4 Å². The number of aromatic nitrogens is 3. The van der Waals surface area contributed by atoms with Gasteiger partial charge >= 0.3 is 0 Å². The maximum absolute atomic E-state index is 13.0. The molecular weight excluding hydrogens is 352 g/mol. The molecule has 1 fully saturated rings. The Labute approximate surface area is 164 Å². The summed E-state index contributed by atoms with van der Waals surface area (Å²) in [5.74, 6) is 1.33. The summed E-state index contributed by atoms with van der Waals surface area (Å²) < 4.78 is 5.16. The average Bonchev–Trinajstić information content (AvgIpc) is 3.58. The molecule has 1 atom stereocenters. The molecule has 0 radical (unpaired) electrons. The predicted octanol–water partition coefficient (Wildman–Crippen LogP) is 3.74. The van der Waals surface area contributed by atoms with E-state index < -0.39 is 0 Å². The van der Waals surface area contributed by atoms with Crippen LogP contribution >= 0.6 is 0 Å². The Balaban J connectivity index is 1.58. The van der Waals surface area contributed by atoms with Gasteiger partial charge in [-0.1, -0.05) is 18.2 Å².